The minimum absolute atomic E-state index is 0.588. The van der Waals surface area contributed by atoms with Crippen molar-refractivity contribution >= 4 is 11.8 Å². The van der Waals surface area contributed by atoms with Crippen molar-refractivity contribution in [3.05, 3.63) is 18.1 Å². The van der Waals surface area contributed by atoms with E-state index >= 15 is 0 Å². The number of rotatable bonds is 4. The lowest BCUT2D eigenvalue weighted by Crippen LogP contribution is -2.43. The van der Waals surface area contributed by atoms with Crippen LogP contribution in [0.5, 0.6) is 0 Å². The van der Waals surface area contributed by atoms with Crippen LogP contribution in [-0.2, 0) is 11.2 Å². The van der Waals surface area contributed by atoms with Gasteiger partial charge in [-0.3, -0.25) is 4.79 Å². The molecule has 1 saturated heterocycles. The maximum absolute atomic E-state index is 11.2. The van der Waals surface area contributed by atoms with Crippen molar-refractivity contribution in [2.75, 3.05) is 18.0 Å². The predicted molar refractivity (Wildman–Crippen MR) is 73.2 cm³/mol. The molecule has 2 rings (SSSR count). The lowest BCUT2D eigenvalue weighted by molar-refractivity contribution is -0.149. The zero-order valence-corrected chi connectivity index (χ0v) is 11.6. The molecule has 5 heteroatoms. The van der Waals surface area contributed by atoms with E-state index in [9.17, 15) is 9.90 Å². The molecule has 2 heterocycles. The average Bonchev–Trinajstić information content (AvgIpc) is 2.40. The highest BCUT2D eigenvalue weighted by molar-refractivity contribution is 5.74. The van der Waals surface area contributed by atoms with Crippen LogP contribution in [0, 0.1) is 5.41 Å². The Bertz CT molecular complexity index is 454. The second-order valence-corrected chi connectivity index (χ2v) is 5.47. The summed E-state index contributed by atoms with van der Waals surface area (Å²) in [4.78, 5) is 21.9. The molecule has 0 saturated carbocycles. The van der Waals surface area contributed by atoms with Crippen LogP contribution >= 0.6 is 0 Å². The molecule has 19 heavy (non-hydrogen) atoms. The smallest absolute Gasteiger partial charge is 0.309 e. The van der Waals surface area contributed by atoms with Gasteiger partial charge in [0.25, 0.3) is 0 Å². The van der Waals surface area contributed by atoms with Gasteiger partial charge in [-0.15, -0.1) is 0 Å². The number of hydrogen-bond donors (Lipinski definition) is 1. The third-order valence-electron chi connectivity index (χ3n) is 3.92. The Kier molecular flexibility index (Phi) is 4.02. The summed E-state index contributed by atoms with van der Waals surface area (Å²) in [6.07, 6.45) is 4.94. The van der Waals surface area contributed by atoms with Crippen molar-refractivity contribution in [3.8, 4) is 0 Å². The first kappa shape index (κ1) is 13.8. The number of aliphatic carboxylic acids is 1. The molecule has 0 aromatic carbocycles. The van der Waals surface area contributed by atoms with Crippen molar-refractivity contribution in [1.82, 2.24) is 9.97 Å². The first-order valence-corrected chi connectivity index (χ1v) is 6.84. The number of nitrogens with zero attached hydrogens (tertiary/aromatic N) is 3. The number of carboxylic acids is 1. The Labute approximate surface area is 113 Å². The molecular weight excluding hydrogens is 242 g/mol. The number of aryl methyl sites for hydroxylation is 1. The summed E-state index contributed by atoms with van der Waals surface area (Å²) in [7, 11) is 0. The molecule has 1 aromatic rings. The second kappa shape index (κ2) is 5.55. The van der Waals surface area contributed by atoms with Crippen LogP contribution in [0.1, 0.15) is 38.8 Å². The van der Waals surface area contributed by atoms with Gasteiger partial charge in [0.2, 0.25) is 0 Å². The third kappa shape index (κ3) is 3.03. The number of anilines is 1. The van der Waals surface area contributed by atoms with Gasteiger partial charge in [0.15, 0.2) is 0 Å². The maximum Gasteiger partial charge on any atom is 0.309 e. The molecule has 0 atom stereocenters. The van der Waals surface area contributed by atoms with Crippen LogP contribution in [0.25, 0.3) is 0 Å². The average molecular weight is 263 g/mol. The van der Waals surface area contributed by atoms with Crippen LogP contribution in [0.3, 0.4) is 0 Å². The molecule has 0 aliphatic carbocycles. The standard InChI is InChI=1S/C14H21N3O2/c1-3-4-11-9-12(16-10-15-11)17-7-5-14(2,6-8-17)13(18)19/h9-10H,3-8H2,1-2H3,(H,18,19). The van der Waals surface area contributed by atoms with Gasteiger partial charge in [-0.2, -0.15) is 0 Å². The van der Waals surface area contributed by atoms with Crippen LogP contribution in [0.4, 0.5) is 5.82 Å². The summed E-state index contributed by atoms with van der Waals surface area (Å²) in [5.74, 6) is 0.229. The molecule has 1 aliphatic rings. The van der Waals surface area contributed by atoms with Gasteiger partial charge in [-0.05, 0) is 26.2 Å². The highest BCUT2D eigenvalue weighted by atomic mass is 16.4. The van der Waals surface area contributed by atoms with Crippen LogP contribution in [-0.4, -0.2) is 34.1 Å². The number of aromatic nitrogens is 2. The van der Waals surface area contributed by atoms with Crippen molar-refractivity contribution < 1.29 is 9.90 Å². The molecule has 1 fully saturated rings. The first-order valence-electron chi connectivity index (χ1n) is 6.84. The summed E-state index contributed by atoms with van der Waals surface area (Å²) in [5.41, 5.74) is 0.467. The molecule has 0 bridgehead atoms. The molecular formula is C14H21N3O2. The van der Waals surface area contributed by atoms with Crippen LogP contribution < -0.4 is 4.90 Å². The number of carboxylic acid groups (broad SMARTS) is 1. The monoisotopic (exact) mass is 263 g/mol. The van der Waals surface area contributed by atoms with Crippen molar-refractivity contribution in [2.24, 2.45) is 5.41 Å². The van der Waals surface area contributed by atoms with Crippen LogP contribution in [0.2, 0.25) is 0 Å². The Hall–Kier alpha value is -1.65. The molecule has 0 unspecified atom stereocenters. The zero-order valence-electron chi connectivity index (χ0n) is 11.6. The zero-order chi connectivity index (χ0) is 13.9. The Morgan fingerprint density at radius 3 is 2.68 bits per heavy atom. The van der Waals surface area contributed by atoms with Gasteiger partial charge >= 0.3 is 5.97 Å². The van der Waals surface area contributed by atoms with Gasteiger partial charge in [0.1, 0.15) is 12.1 Å². The Balaban J connectivity index is 2.05. The second-order valence-electron chi connectivity index (χ2n) is 5.47. The van der Waals surface area contributed by atoms with E-state index in [0.29, 0.717) is 12.8 Å². The van der Waals surface area contributed by atoms with E-state index in [-0.39, 0.29) is 0 Å². The summed E-state index contributed by atoms with van der Waals surface area (Å²) < 4.78 is 0. The Morgan fingerprint density at radius 1 is 1.42 bits per heavy atom. The van der Waals surface area contributed by atoms with Gasteiger partial charge in [-0.1, -0.05) is 13.3 Å². The van der Waals surface area contributed by atoms with Gasteiger partial charge < -0.3 is 10.0 Å². The fraction of sp³-hybridized carbons (Fsp3) is 0.643. The highest BCUT2D eigenvalue weighted by Gasteiger charge is 2.37. The summed E-state index contributed by atoms with van der Waals surface area (Å²) >= 11 is 0. The lowest BCUT2D eigenvalue weighted by atomic mass is 9.80. The predicted octanol–water partition coefficient (Wildman–Crippen LogP) is 2.12. The SMILES string of the molecule is CCCc1cc(N2CCC(C)(C(=O)O)CC2)ncn1. The van der Waals surface area contributed by atoms with E-state index in [4.69, 9.17) is 0 Å². The van der Waals surface area contributed by atoms with E-state index in [1.807, 2.05) is 13.0 Å². The molecule has 0 spiro atoms. The van der Waals surface area contributed by atoms with Crippen molar-refractivity contribution in [2.45, 2.75) is 39.5 Å². The summed E-state index contributed by atoms with van der Waals surface area (Å²) in [6.45, 7) is 5.44. The minimum atomic E-state index is -0.693. The molecule has 1 aliphatic heterocycles. The molecule has 5 nitrogen and oxygen atoms in total. The van der Waals surface area contributed by atoms with E-state index < -0.39 is 11.4 Å². The van der Waals surface area contributed by atoms with Gasteiger partial charge in [0.05, 0.1) is 5.41 Å². The maximum atomic E-state index is 11.2. The van der Waals surface area contributed by atoms with E-state index in [0.717, 1.165) is 37.4 Å². The lowest BCUT2D eigenvalue weighted by Gasteiger charge is -2.37. The van der Waals surface area contributed by atoms with E-state index in [1.54, 1.807) is 6.33 Å². The Morgan fingerprint density at radius 2 is 2.11 bits per heavy atom. The summed E-state index contributed by atoms with van der Waals surface area (Å²) in [6, 6.07) is 2.02. The molecule has 0 radical (unpaired) electrons. The first-order chi connectivity index (χ1) is 9.05. The van der Waals surface area contributed by atoms with Crippen LogP contribution in [0.15, 0.2) is 12.4 Å². The number of hydrogen-bond acceptors (Lipinski definition) is 4. The largest absolute Gasteiger partial charge is 0.481 e. The third-order valence-corrected chi connectivity index (χ3v) is 3.92. The minimum Gasteiger partial charge on any atom is -0.481 e. The van der Waals surface area contributed by atoms with Gasteiger partial charge in [0, 0.05) is 24.8 Å². The van der Waals surface area contributed by atoms with Crippen molar-refractivity contribution in [3.63, 3.8) is 0 Å². The van der Waals surface area contributed by atoms with E-state index in [2.05, 4.69) is 21.8 Å². The molecule has 0 amide bonds. The fourth-order valence-corrected chi connectivity index (χ4v) is 2.39. The molecule has 104 valence electrons. The molecule has 1 aromatic heterocycles. The summed E-state index contributed by atoms with van der Waals surface area (Å²) in [5, 5.41) is 9.22. The van der Waals surface area contributed by atoms with Gasteiger partial charge in [-0.25, -0.2) is 9.97 Å². The topological polar surface area (TPSA) is 66.3 Å². The normalized spacial score (nSPS) is 18.3. The highest BCUT2D eigenvalue weighted by Crippen LogP contribution is 2.32. The quantitative estimate of drug-likeness (QED) is 0.901. The van der Waals surface area contributed by atoms with Crippen molar-refractivity contribution in [1.29, 1.82) is 0 Å². The fourth-order valence-electron chi connectivity index (χ4n) is 2.39. The van der Waals surface area contributed by atoms with E-state index in [1.165, 1.54) is 0 Å². The number of carbonyl (C=O) groups is 1. The molecule has 1 N–H and O–H groups in total. The number of piperidine rings is 1.